The molecule has 0 saturated carbocycles. The van der Waals surface area contributed by atoms with Crippen molar-refractivity contribution < 1.29 is 13.2 Å². The first-order chi connectivity index (χ1) is 9.40. The molecule has 20 heavy (non-hydrogen) atoms. The van der Waals surface area contributed by atoms with Crippen molar-refractivity contribution in [3.05, 3.63) is 41.0 Å². The molecule has 0 saturated heterocycles. The van der Waals surface area contributed by atoms with E-state index >= 15 is 0 Å². The fourth-order valence-corrected chi connectivity index (χ4v) is 2.73. The van der Waals surface area contributed by atoms with E-state index in [-0.39, 0.29) is 21.9 Å². The van der Waals surface area contributed by atoms with E-state index in [2.05, 4.69) is 14.7 Å². The summed E-state index contributed by atoms with van der Waals surface area (Å²) in [6.45, 7) is 1.80. The number of rotatable bonds is 4. The minimum atomic E-state index is -3.77. The van der Waals surface area contributed by atoms with Gasteiger partial charge in [0, 0.05) is 6.07 Å². The highest BCUT2D eigenvalue weighted by Gasteiger charge is 2.16. The zero-order valence-corrected chi connectivity index (χ0v) is 12.4. The van der Waals surface area contributed by atoms with Gasteiger partial charge >= 0.3 is 0 Å². The number of halogens is 1. The van der Waals surface area contributed by atoms with Crippen LogP contribution in [0, 0.1) is 6.92 Å². The summed E-state index contributed by atoms with van der Waals surface area (Å²) >= 11 is 5.76. The van der Waals surface area contributed by atoms with Gasteiger partial charge in [-0.3, -0.25) is 0 Å². The van der Waals surface area contributed by atoms with Crippen LogP contribution in [0.3, 0.4) is 0 Å². The molecule has 1 heterocycles. The van der Waals surface area contributed by atoms with E-state index in [4.69, 9.17) is 16.3 Å². The first-order valence-electron chi connectivity index (χ1n) is 5.59. The van der Waals surface area contributed by atoms with Crippen LogP contribution in [0.5, 0.6) is 5.88 Å². The minimum absolute atomic E-state index is 0.0822. The standard InChI is InChI=1S/C12H12ClN3O3S/c1-8-4-3-5-9(6-8)20(17,18)16-12-14-10(13)7-11(15-12)19-2/h3-7H,1-2H3,(H,14,15,16). The second kappa shape index (κ2) is 5.64. The molecule has 106 valence electrons. The predicted octanol–water partition coefficient (Wildman–Crippen LogP) is 2.25. The number of aryl methyl sites for hydroxylation is 1. The Balaban J connectivity index is 2.35. The third-order valence-corrected chi connectivity index (χ3v) is 3.93. The summed E-state index contributed by atoms with van der Waals surface area (Å²) in [6, 6.07) is 7.87. The number of sulfonamides is 1. The van der Waals surface area contributed by atoms with Gasteiger partial charge in [0.2, 0.25) is 11.8 Å². The van der Waals surface area contributed by atoms with Crippen molar-refractivity contribution in [2.24, 2.45) is 0 Å². The molecule has 0 atom stereocenters. The normalized spacial score (nSPS) is 11.2. The molecule has 1 aromatic heterocycles. The topological polar surface area (TPSA) is 81.2 Å². The van der Waals surface area contributed by atoms with Gasteiger partial charge in [-0.05, 0) is 24.6 Å². The lowest BCUT2D eigenvalue weighted by atomic mass is 10.2. The van der Waals surface area contributed by atoms with Gasteiger partial charge < -0.3 is 4.74 Å². The van der Waals surface area contributed by atoms with Crippen LogP contribution in [0.25, 0.3) is 0 Å². The molecule has 0 fully saturated rings. The van der Waals surface area contributed by atoms with Crippen molar-refractivity contribution in [1.29, 1.82) is 0 Å². The lowest BCUT2D eigenvalue weighted by molar-refractivity contribution is 0.397. The molecular formula is C12H12ClN3O3S. The summed E-state index contributed by atoms with van der Waals surface area (Å²) < 4.78 is 31.5. The number of methoxy groups -OCH3 is 1. The van der Waals surface area contributed by atoms with Crippen LogP contribution in [-0.2, 0) is 10.0 Å². The SMILES string of the molecule is COc1cc(Cl)nc(NS(=O)(=O)c2cccc(C)c2)n1. The summed E-state index contributed by atoms with van der Waals surface area (Å²) in [5.41, 5.74) is 0.831. The fraction of sp³-hybridized carbons (Fsp3) is 0.167. The third kappa shape index (κ3) is 3.37. The van der Waals surface area contributed by atoms with Crippen LogP contribution in [0.2, 0.25) is 5.15 Å². The smallest absolute Gasteiger partial charge is 0.264 e. The van der Waals surface area contributed by atoms with E-state index in [1.165, 1.54) is 19.2 Å². The molecule has 6 nitrogen and oxygen atoms in total. The second-order valence-electron chi connectivity index (χ2n) is 3.98. The fourth-order valence-electron chi connectivity index (χ4n) is 1.51. The average Bonchev–Trinajstić information content (AvgIpc) is 2.37. The summed E-state index contributed by atoms with van der Waals surface area (Å²) in [5.74, 6) is 0.0304. The van der Waals surface area contributed by atoms with Crippen molar-refractivity contribution in [2.75, 3.05) is 11.8 Å². The van der Waals surface area contributed by atoms with Gasteiger partial charge in [0.05, 0.1) is 12.0 Å². The number of nitrogens with zero attached hydrogens (tertiary/aromatic N) is 2. The Hall–Kier alpha value is -1.86. The number of benzene rings is 1. The summed E-state index contributed by atoms with van der Waals surface area (Å²) in [5, 5.41) is 0.0822. The Labute approximate surface area is 121 Å². The van der Waals surface area contributed by atoms with Crippen LogP contribution in [0.4, 0.5) is 5.95 Å². The number of nitrogens with one attached hydrogen (secondary N) is 1. The molecule has 0 spiro atoms. The monoisotopic (exact) mass is 313 g/mol. The Morgan fingerprint density at radius 3 is 2.65 bits per heavy atom. The second-order valence-corrected chi connectivity index (χ2v) is 6.05. The van der Waals surface area contributed by atoms with E-state index in [1.807, 2.05) is 0 Å². The summed E-state index contributed by atoms with van der Waals surface area (Å²) in [6.07, 6.45) is 0. The molecular weight excluding hydrogens is 302 g/mol. The van der Waals surface area contributed by atoms with Gasteiger partial charge in [-0.2, -0.15) is 4.98 Å². The molecule has 0 radical (unpaired) electrons. The molecule has 0 amide bonds. The Morgan fingerprint density at radius 2 is 2.00 bits per heavy atom. The highest BCUT2D eigenvalue weighted by Crippen LogP contribution is 2.19. The van der Waals surface area contributed by atoms with Crippen LogP contribution >= 0.6 is 11.6 Å². The average molecular weight is 314 g/mol. The zero-order valence-electron chi connectivity index (χ0n) is 10.8. The lowest BCUT2D eigenvalue weighted by Crippen LogP contribution is -2.15. The van der Waals surface area contributed by atoms with Gasteiger partial charge in [-0.15, -0.1) is 0 Å². The Kier molecular flexibility index (Phi) is 4.10. The van der Waals surface area contributed by atoms with Crippen molar-refractivity contribution in [1.82, 2.24) is 9.97 Å². The molecule has 0 aliphatic carbocycles. The first-order valence-corrected chi connectivity index (χ1v) is 7.45. The molecule has 0 aliphatic heterocycles. The maximum atomic E-state index is 12.2. The maximum absolute atomic E-state index is 12.2. The van der Waals surface area contributed by atoms with Gasteiger partial charge in [0.1, 0.15) is 5.15 Å². The molecule has 0 aliphatic rings. The van der Waals surface area contributed by atoms with E-state index in [0.29, 0.717) is 0 Å². The molecule has 2 rings (SSSR count). The molecule has 2 aromatic rings. The van der Waals surface area contributed by atoms with Gasteiger partial charge in [0.15, 0.2) is 0 Å². The van der Waals surface area contributed by atoms with Crippen molar-refractivity contribution in [3.8, 4) is 5.88 Å². The van der Waals surface area contributed by atoms with E-state index in [0.717, 1.165) is 5.56 Å². The molecule has 1 N–H and O–H groups in total. The van der Waals surface area contributed by atoms with E-state index in [9.17, 15) is 8.42 Å². The van der Waals surface area contributed by atoms with Gasteiger partial charge in [0.25, 0.3) is 10.0 Å². The van der Waals surface area contributed by atoms with Crippen LogP contribution < -0.4 is 9.46 Å². The molecule has 8 heteroatoms. The summed E-state index contributed by atoms with van der Waals surface area (Å²) in [7, 11) is -2.37. The summed E-state index contributed by atoms with van der Waals surface area (Å²) in [4.78, 5) is 7.80. The Bertz CT molecular complexity index is 734. The number of ether oxygens (including phenoxy) is 1. The lowest BCUT2D eigenvalue weighted by Gasteiger charge is -2.08. The number of hydrogen-bond donors (Lipinski definition) is 1. The van der Waals surface area contributed by atoms with Crippen LogP contribution in [-0.4, -0.2) is 25.5 Å². The van der Waals surface area contributed by atoms with Gasteiger partial charge in [-0.25, -0.2) is 18.1 Å². The van der Waals surface area contributed by atoms with Crippen molar-refractivity contribution in [2.45, 2.75) is 11.8 Å². The number of aromatic nitrogens is 2. The van der Waals surface area contributed by atoms with Crippen LogP contribution in [0.15, 0.2) is 35.2 Å². The van der Waals surface area contributed by atoms with Crippen LogP contribution in [0.1, 0.15) is 5.56 Å². The Morgan fingerprint density at radius 1 is 1.25 bits per heavy atom. The number of anilines is 1. The quantitative estimate of drug-likeness (QED) is 0.876. The molecule has 0 unspecified atom stereocenters. The maximum Gasteiger partial charge on any atom is 0.264 e. The van der Waals surface area contributed by atoms with E-state index < -0.39 is 10.0 Å². The number of hydrogen-bond acceptors (Lipinski definition) is 5. The molecule has 1 aromatic carbocycles. The highest BCUT2D eigenvalue weighted by atomic mass is 35.5. The molecule has 0 bridgehead atoms. The zero-order chi connectivity index (χ0) is 14.8. The third-order valence-electron chi connectivity index (χ3n) is 2.41. The first kappa shape index (κ1) is 14.5. The van der Waals surface area contributed by atoms with Gasteiger partial charge in [-0.1, -0.05) is 23.7 Å². The highest BCUT2D eigenvalue weighted by molar-refractivity contribution is 7.92. The van der Waals surface area contributed by atoms with Crippen molar-refractivity contribution in [3.63, 3.8) is 0 Å². The van der Waals surface area contributed by atoms with Crippen molar-refractivity contribution >= 4 is 27.6 Å². The van der Waals surface area contributed by atoms with E-state index in [1.54, 1.807) is 25.1 Å². The predicted molar refractivity (Wildman–Crippen MR) is 75.6 cm³/mol. The largest absolute Gasteiger partial charge is 0.481 e. The minimum Gasteiger partial charge on any atom is -0.481 e.